The number of carbonyl (C=O) groups is 2. The molecule has 0 heterocycles. The van der Waals surface area contributed by atoms with E-state index < -0.39 is 50.5 Å². The van der Waals surface area contributed by atoms with Crippen LogP contribution in [-0.2, 0) is 19.4 Å². The third-order valence-corrected chi connectivity index (χ3v) is 1.44. The molecule has 0 saturated carbocycles. The maximum Gasteiger partial charge on any atom is 0.389 e. The van der Waals surface area contributed by atoms with Crippen molar-refractivity contribution in [2.75, 3.05) is 13.3 Å². The van der Waals surface area contributed by atoms with E-state index in [0.717, 1.165) is 0 Å². The molecular weight excluding hydrogens is 236 g/mol. The molecule has 0 aromatic carbocycles. The fourth-order valence-corrected chi connectivity index (χ4v) is 0.614. The Morgan fingerprint density at radius 2 is 1.19 bits per heavy atom. The minimum atomic E-state index is -2.29. The Bertz CT molecular complexity index is 212. The fraction of sp³-hybridized carbons (Fsp3) is 0.750. The van der Waals surface area contributed by atoms with Gasteiger partial charge in [0.1, 0.15) is 0 Å². The molecule has 94 valence electrons. The standard InChI is InChI=1S/C8H10F4O4/c9-3-1-5(11)7(13)15-16-8(14)6(12)2-4-10/h5-6H,1-4H2. The first-order chi connectivity index (χ1) is 7.52. The summed E-state index contributed by atoms with van der Waals surface area (Å²) in [5.41, 5.74) is 0. The van der Waals surface area contributed by atoms with Gasteiger partial charge in [0.05, 0.1) is 13.3 Å². The molecule has 0 aliphatic heterocycles. The van der Waals surface area contributed by atoms with E-state index in [4.69, 9.17) is 0 Å². The lowest BCUT2D eigenvalue weighted by molar-refractivity contribution is -0.266. The molecule has 16 heavy (non-hydrogen) atoms. The highest BCUT2D eigenvalue weighted by molar-refractivity contribution is 5.77. The first-order valence-corrected chi connectivity index (χ1v) is 4.35. The summed E-state index contributed by atoms with van der Waals surface area (Å²) in [7, 11) is 0. The van der Waals surface area contributed by atoms with Crippen LogP contribution in [0.2, 0.25) is 0 Å². The zero-order valence-corrected chi connectivity index (χ0v) is 8.13. The molecule has 0 aliphatic carbocycles. The zero-order valence-electron chi connectivity index (χ0n) is 8.13. The van der Waals surface area contributed by atoms with Gasteiger partial charge in [-0.2, -0.15) is 0 Å². The van der Waals surface area contributed by atoms with Gasteiger partial charge in [-0.1, -0.05) is 0 Å². The lowest BCUT2D eigenvalue weighted by atomic mass is 10.3. The summed E-state index contributed by atoms with van der Waals surface area (Å²) in [4.78, 5) is 28.3. The Morgan fingerprint density at radius 3 is 1.44 bits per heavy atom. The second-order valence-electron chi connectivity index (χ2n) is 2.70. The molecule has 2 unspecified atom stereocenters. The predicted molar refractivity (Wildman–Crippen MR) is 43.2 cm³/mol. The van der Waals surface area contributed by atoms with Crippen molar-refractivity contribution < 1.29 is 36.9 Å². The highest BCUT2D eigenvalue weighted by Crippen LogP contribution is 2.05. The van der Waals surface area contributed by atoms with Gasteiger partial charge in [-0.15, -0.1) is 0 Å². The van der Waals surface area contributed by atoms with Crippen molar-refractivity contribution in [1.82, 2.24) is 0 Å². The van der Waals surface area contributed by atoms with E-state index in [1.54, 1.807) is 0 Å². The van der Waals surface area contributed by atoms with Crippen LogP contribution in [0.1, 0.15) is 12.8 Å². The summed E-state index contributed by atoms with van der Waals surface area (Å²) in [6, 6.07) is 0. The number of alkyl halides is 4. The van der Waals surface area contributed by atoms with Crippen LogP contribution in [0.4, 0.5) is 17.6 Å². The van der Waals surface area contributed by atoms with Gasteiger partial charge in [-0.05, 0) is 0 Å². The van der Waals surface area contributed by atoms with Crippen LogP contribution in [0.5, 0.6) is 0 Å². The number of hydrogen-bond donors (Lipinski definition) is 0. The average Bonchev–Trinajstić information content (AvgIpc) is 2.25. The van der Waals surface area contributed by atoms with Gasteiger partial charge < -0.3 is 0 Å². The number of hydrogen-bond acceptors (Lipinski definition) is 4. The number of halogens is 4. The molecular formula is C8H10F4O4. The first-order valence-electron chi connectivity index (χ1n) is 4.35. The van der Waals surface area contributed by atoms with Crippen molar-refractivity contribution in [3.05, 3.63) is 0 Å². The lowest BCUT2D eigenvalue weighted by Gasteiger charge is -2.06. The molecule has 8 heteroatoms. The van der Waals surface area contributed by atoms with Crippen molar-refractivity contribution in [2.45, 2.75) is 25.2 Å². The molecule has 0 N–H and O–H groups in total. The van der Waals surface area contributed by atoms with Gasteiger partial charge in [-0.25, -0.2) is 28.1 Å². The van der Waals surface area contributed by atoms with Gasteiger partial charge in [0.25, 0.3) is 0 Å². The summed E-state index contributed by atoms with van der Waals surface area (Å²) in [6.45, 7) is -2.20. The summed E-state index contributed by atoms with van der Waals surface area (Å²) in [5, 5.41) is 0. The van der Waals surface area contributed by atoms with E-state index in [1.165, 1.54) is 0 Å². The molecule has 0 aromatic heterocycles. The summed E-state index contributed by atoms with van der Waals surface area (Å²) in [5.74, 6) is -3.28. The third kappa shape index (κ3) is 5.52. The molecule has 0 amide bonds. The maximum atomic E-state index is 12.5. The van der Waals surface area contributed by atoms with E-state index >= 15 is 0 Å². The van der Waals surface area contributed by atoms with E-state index in [-0.39, 0.29) is 0 Å². The van der Waals surface area contributed by atoms with Crippen LogP contribution < -0.4 is 0 Å². The van der Waals surface area contributed by atoms with E-state index in [1.807, 2.05) is 0 Å². The van der Waals surface area contributed by atoms with Crippen LogP contribution in [0.15, 0.2) is 0 Å². The maximum absolute atomic E-state index is 12.5. The largest absolute Gasteiger partial charge is 0.389 e. The summed E-state index contributed by atoms with van der Waals surface area (Å²) >= 11 is 0. The number of carbonyl (C=O) groups excluding carboxylic acids is 2. The molecule has 0 bridgehead atoms. The Kier molecular flexibility index (Phi) is 7.23. The molecule has 0 fully saturated rings. The van der Waals surface area contributed by atoms with Crippen LogP contribution in [0.3, 0.4) is 0 Å². The van der Waals surface area contributed by atoms with Crippen LogP contribution in [-0.4, -0.2) is 37.6 Å². The molecule has 0 rings (SSSR count). The topological polar surface area (TPSA) is 52.6 Å². The van der Waals surface area contributed by atoms with Gasteiger partial charge in [0.15, 0.2) is 0 Å². The second kappa shape index (κ2) is 7.89. The van der Waals surface area contributed by atoms with Crippen molar-refractivity contribution in [1.29, 1.82) is 0 Å². The van der Waals surface area contributed by atoms with Gasteiger partial charge in [0, 0.05) is 12.8 Å². The zero-order chi connectivity index (χ0) is 12.6. The minimum absolute atomic E-state index is 0.750. The molecule has 0 radical (unpaired) electrons. The molecule has 0 aliphatic rings. The van der Waals surface area contributed by atoms with Crippen molar-refractivity contribution in [3.63, 3.8) is 0 Å². The van der Waals surface area contributed by atoms with E-state index in [9.17, 15) is 27.2 Å². The molecule has 4 nitrogen and oxygen atoms in total. The Hall–Kier alpha value is -1.34. The van der Waals surface area contributed by atoms with Gasteiger partial charge in [-0.3, -0.25) is 8.78 Å². The fourth-order valence-electron chi connectivity index (χ4n) is 0.614. The summed E-state index contributed by atoms with van der Waals surface area (Å²) < 4.78 is 48.2. The van der Waals surface area contributed by atoms with Crippen LogP contribution in [0.25, 0.3) is 0 Å². The number of rotatable bonds is 6. The highest BCUT2D eigenvalue weighted by Gasteiger charge is 2.25. The van der Waals surface area contributed by atoms with Crippen LogP contribution in [0, 0.1) is 0 Å². The van der Waals surface area contributed by atoms with E-state index in [2.05, 4.69) is 9.78 Å². The molecule has 0 aromatic rings. The second-order valence-corrected chi connectivity index (χ2v) is 2.70. The van der Waals surface area contributed by atoms with Crippen molar-refractivity contribution in [2.24, 2.45) is 0 Å². The van der Waals surface area contributed by atoms with Crippen molar-refractivity contribution >= 4 is 11.9 Å². The highest BCUT2D eigenvalue weighted by atomic mass is 19.2. The monoisotopic (exact) mass is 246 g/mol. The van der Waals surface area contributed by atoms with Crippen molar-refractivity contribution in [3.8, 4) is 0 Å². The molecule has 0 saturated heterocycles. The lowest BCUT2D eigenvalue weighted by Crippen LogP contribution is -2.25. The normalized spacial score (nSPS) is 14.0. The average molecular weight is 246 g/mol. The van der Waals surface area contributed by atoms with Crippen LogP contribution >= 0.6 is 0 Å². The Balaban J connectivity index is 3.87. The smallest absolute Gasteiger partial charge is 0.251 e. The van der Waals surface area contributed by atoms with Gasteiger partial charge in [0.2, 0.25) is 12.3 Å². The quantitative estimate of drug-likeness (QED) is 0.403. The third-order valence-electron chi connectivity index (χ3n) is 1.44. The summed E-state index contributed by atoms with van der Waals surface area (Å²) in [6.07, 6.45) is -6.09. The van der Waals surface area contributed by atoms with E-state index in [0.29, 0.717) is 0 Å². The Labute approximate surface area is 88.4 Å². The molecule has 0 spiro atoms. The molecule has 2 atom stereocenters. The SMILES string of the molecule is O=C(OOC(=O)C(F)CCF)C(F)CCF. The minimum Gasteiger partial charge on any atom is -0.251 e. The Morgan fingerprint density at radius 1 is 0.875 bits per heavy atom. The first kappa shape index (κ1) is 14.7. The van der Waals surface area contributed by atoms with Gasteiger partial charge >= 0.3 is 11.9 Å². The predicted octanol–water partition coefficient (Wildman–Crippen LogP) is 1.38.